The lowest BCUT2D eigenvalue weighted by Crippen LogP contribution is -2.18. The highest BCUT2D eigenvalue weighted by Gasteiger charge is 2.07. The Labute approximate surface area is 95.9 Å². The average Bonchev–Trinajstić information content (AvgIpc) is 2.72. The molecule has 0 bridgehead atoms. The van der Waals surface area contributed by atoms with Gasteiger partial charge in [-0.1, -0.05) is 19.8 Å². The van der Waals surface area contributed by atoms with Crippen LogP contribution in [0.15, 0.2) is 12.1 Å². The molecule has 0 aliphatic heterocycles. The van der Waals surface area contributed by atoms with E-state index in [-0.39, 0.29) is 0 Å². The molecule has 1 heterocycles. The van der Waals surface area contributed by atoms with Crippen molar-refractivity contribution in [2.24, 2.45) is 0 Å². The topological polar surface area (TPSA) is 35.8 Å². The lowest BCUT2D eigenvalue weighted by Gasteiger charge is -2.11. The summed E-state index contributed by atoms with van der Waals surface area (Å²) < 4.78 is 0. The third kappa shape index (κ3) is 4.03. The van der Waals surface area contributed by atoms with E-state index in [0.717, 1.165) is 11.4 Å². The zero-order valence-corrected chi connectivity index (χ0v) is 10.2. The van der Waals surface area contributed by atoms with E-state index in [1.165, 1.54) is 24.1 Å². The Morgan fingerprint density at radius 3 is 2.87 bits per heavy atom. The van der Waals surface area contributed by atoms with Crippen molar-refractivity contribution >= 4 is 11.3 Å². The molecule has 0 fully saturated rings. The summed E-state index contributed by atoms with van der Waals surface area (Å²) in [4.78, 5) is 2.05. The van der Waals surface area contributed by atoms with Crippen LogP contribution in [0.1, 0.15) is 48.9 Å². The first kappa shape index (κ1) is 12.2. The zero-order valence-electron chi connectivity index (χ0n) is 9.42. The number of unbranched alkanes of at least 4 members (excludes halogenated alkanes) is 2. The van der Waals surface area contributed by atoms with Crippen molar-refractivity contribution < 1.29 is 0 Å². The first-order valence-corrected chi connectivity index (χ1v) is 6.32. The zero-order chi connectivity index (χ0) is 11.1. The Morgan fingerprint density at radius 2 is 2.27 bits per heavy atom. The summed E-state index contributed by atoms with van der Waals surface area (Å²) in [5.74, 6) is 0. The predicted octanol–water partition coefficient (Wildman–Crippen LogP) is 3.46. The maximum Gasteiger partial charge on any atom is 0.110 e. The largest absolute Gasteiger partial charge is 0.309 e. The van der Waals surface area contributed by atoms with Gasteiger partial charge in [0.1, 0.15) is 10.9 Å². The fraction of sp³-hybridized carbons (Fsp3) is 0.583. The monoisotopic (exact) mass is 222 g/mol. The molecule has 0 amide bonds. The first-order chi connectivity index (χ1) is 7.27. The number of hydrogen-bond donors (Lipinski definition) is 1. The molecular formula is C12H18N2S. The SMILES string of the molecule is CCCCCNC(C)c1ccc(C#N)s1. The standard InChI is InChI=1S/C12H18N2S/c1-3-4-5-8-14-10(2)12-7-6-11(9-13)15-12/h6-7,10,14H,3-5,8H2,1-2H3. The molecule has 1 rings (SSSR count). The second kappa shape index (κ2) is 6.60. The summed E-state index contributed by atoms with van der Waals surface area (Å²) in [6.07, 6.45) is 3.78. The molecule has 0 saturated heterocycles. The summed E-state index contributed by atoms with van der Waals surface area (Å²) in [7, 11) is 0. The Balaban J connectivity index is 2.33. The maximum atomic E-state index is 8.72. The molecule has 0 aliphatic rings. The van der Waals surface area contributed by atoms with Gasteiger partial charge in [-0.15, -0.1) is 11.3 Å². The normalized spacial score (nSPS) is 12.3. The minimum Gasteiger partial charge on any atom is -0.309 e. The number of nitriles is 1. The molecule has 2 nitrogen and oxygen atoms in total. The third-order valence-electron chi connectivity index (χ3n) is 2.39. The summed E-state index contributed by atoms with van der Waals surface area (Å²) >= 11 is 1.58. The van der Waals surface area contributed by atoms with E-state index >= 15 is 0 Å². The Morgan fingerprint density at radius 1 is 1.47 bits per heavy atom. The van der Waals surface area contributed by atoms with E-state index in [4.69, 9.17) is 5.26 Å². The molecule has 1 unspecified atom stereocenters. The van der Waals surface area contributed by atoms with Crippen LogP contribution in [0.4, 0.5) is 0 Å². The molecule has 0 saturated carbocycles. The highest BCUT2D eigenvalue weighted by atomic mass is 32.1. The van der Waals surface area contributed by atoms with Crippen molar-refractivity contribution in [3.8, 4) is 6.07 Å². The number of rotatable bonds is 6. The number of nitrogens with one attached hydrogen (secondary N) is 1. The molecule has 0 radical (unpaired) electrons. The number of hydrogen-bond acceptors (Lipinski definition) is 3. The van der Waals surface area contributed by atoms with E-state index in [1.54, 1.807) is 11.3 Å². The predicted molar refractivity (Wildman–Crippen MR) is 65.0 cm³/mol. The minimum atomic E-state index is 0.369. The van der Waals surface area contributed by atoms with Gasteiger partial charge in [-0.3, -0.25) is 0 Å². The van der Waals surface area contributed by atoms with Crippen LogP contribution in [0.3, 0.4) is 0 Å². The number of nitrogens with zero attached hydrogens (tertiary/aromatic N) is 1. The fourth-order valence-corrected chi connectivity index (χ4v) is 2.27. The van der Waals surface area contributed by atoms with E-state index in [2.05, 4.69) is 25.2 Å². The van der Waals surface area contributed by atoms with Gasteiger partial charge in [0.25, 0.3) is 0 Å². The molecule has 1 atom stereocenters. The first-order valence-electron chi connectivity index (χ1n) is 5.51. The van der Waals surface area contributed by atoms with Crippen LogP contribution >= 0.6 is 11.3 Å². The van der Waals surface area contributed by atoms with Gasteiger partial charge in [-0.25, -0.2) is 0 Å². The molecule has 0 aliphatic carbocycles. The third-order valence-corrected chi connectivity index (χ3v) is 3.57. The molecule has 15 heavy (non-hydrogen) atoms. The lowest BCUT2D eigenvalue weighted by molar-refractivity contribution is 0.549. The summed E-state index contributed by atoms with van der Waals surface area (Å²) in [5, 5.41) is 12.2. The molecule has 82 valence electrons. The molecule has 3 heteroatoms. The molecule has 1 N–H and O–H groups in total. The van der Waals surface area contributed by atoms with Crippen molar-refractivity contribution in [2.75, 3.05) is 6.54 Å². The van der Waals surface area contributed by atoms with Gasteiger partial charge in [0.05, 0.1) is 0 Å². The van der Waals surface area contributed by atoms with E-state index in [1.807, 2.05) is 12.1 Å². The van der Waals surface area contributed by atoms with Crippen molar-refractivity contribution in [3.63, 3.8) is 0 Å². The quantitative estimate of drug-likeness (QED) is 0.748. The summed E-state index contributed by atoms with van der Waals surface area (Å²) in [5.41, 5.74) is 0. The number of thiophene rings is 1. The van der Waals surface area contributed by atoms with Gasteiger partial charge >= 0.3 is 0 Å². The Kier molecular flexibility index (Phi) is 5.38. The Bertz CT molecular complexity index is 325. The summed E-state index contributed by atoms with van der Waals surface area (Å²) in [6, 6.07) is 6.47. The lowest BCUT2D eigenvalue weighted by atomic mass is 10.2. The van der Waals surface area contributed by atoms with Crippen LogP contribution < -0.4 is 5.32 Å². The van der Waals surface area contributed by atoms with Crippen molar-refractivity contribution in [1.29, 1.82) is 5.26 Å². The van der Waals surface area contributed by atoms with Gasteiger partial charge in [0.2, 0.25) is 0 Å². The van der Waals surface area contributed by atoms with Crippen LogP contribution in [0.2, 0.25) is 0 Å². The highest BCUT2D eigenvalue weighted by molar-refractivity contribution is 7.12. The smallest absolute Gasteiger partial charge is 0.110 e. The Hall–Kier alpha value is -0.850. The van der Waals surface area contributed by atoms with Crippen LogP contribution in [0.25, 0.3) is 0 Å². The van der Waals surface area contributed by atoms with Crippen LogP contribution in [0.5, 0.6) is 0 Å². The van der Waals surface area contributed by atoms with Crippen molar-refractivity contribution in [2.45, 2.75) is 39.2 Å². The summed E-state index contributed by atoms with van der Waals surface area (Å²) in [6.45, 7) is 5.43. The second-order valence-electron chi connectivity index (χ2n) is 3.70. The molecule has 1 aromatic heterocycles. The van der Waals surface area contributed by atoms with E-state index < -0.39 is 0 Å². The fourth-order valence-electron chi connectivity index (χ4n) is 1.44. The maximum absolute atomic E-state index is 8.72. The van der Waals surface area contributed by atoms with Crippen molar-refractivity contribution in [3.05, 3.63) is 21.9 Å². The van der Waals surface area contributed by atoms with Gasteiger partial charge in [-0.05, 0) is 32.0 Å². The molecule has 0 spiro atoms. The van der Waals surface area contributed by atoms with Gasteiger partial charge in [0.15, 0.2) is 0 Å². The molecule has 0 aromatic carbocycles. The minimum absolute atomic E-state index is 0.369. The van der Waals surface area contributed by atoms with Crippen LogP contribution in [0, 0.1) is 11.3 Å². The van der Waals surface area contributed by atoms with Gasteiger partial charge in [0, 0.05) is 10.9 Å². The van der Waals surface area contributed by atoms with Gasteiger partial charge < -0.3 is 5.32 Å². The van der Waals surface area contributed by atoms with Crippen LogP contribution in [-0.2, 0) is 0 Å². The molecular weight excluding hydrogens is 204 g/mol. The average molecular weight is 222 g/mol. The highest BCUT2D eigenvalue weighted by Crippen LogP contribution is 2.22. The van der Waals surface area contributed by atoms with Crippen LogP contribution in [-0.4, -0.2) is 6.54 Å². The van der Waals surface area contributed by atoms with Gasteiger partial charge in [-0.2, -0.15) is 5.26 Å². The second-order valence-corrected chi connectivity index (χ2v) is 4.81. The van der Waals surface area contributed by atoms with Crippen molar-refractivity contribution in [1.82, 2.24) is 5.32 Å². The van der Waals surface area contributed by atoms with E-state index in [9.17, 15) is 0 Å². The molecule has 1 aromatic rings. The van der Waals surface area contributed by atoms with E-state index in [0.29, 0.717) is 6.04 Å².